The molecule has 2 N–H and O–H groups in total. The van der Waals surface area contributed by atoms with Crippen molar-refractivity contribution in [2.75, 3.05) is 26.7 Å². The summed E-state index contributed by atoms with van der Waals surface area (Å²) >= 11 is 0. The molecule has 1 unspecified atom stereocenters. The number of hydrogen-bond acceptors (Lipinski definition) is 3. The number of alkyl halides is 3. The fourth-order valence-corrected chi connectivity index (χ4v) is 1.31. The third-order valence-electron chi connectivity index (χ3n) is 2.23. The summed E-state index contributed by atoms with van der Waals surface area (Å²) in [5, 5.41) is 11.2. The molecule has 16 heavy (non-hydrogen) atoms. The maximum Gasteiger partial charge on any atom is 0.401 e. The zero-order valence-electron chi connectivity index (χ0n) is 9.34. The van der Waals surface area contributed by atoms with Crippen LogP contribution in [-0.2, 0) is 4.79 Å². The first-order chi connectivity index (χ1) is 7.30. The highest BCUT2D eigenvalue weighted by Gasteiger charge is 2.30. The van der Waals surface area contributed by atoms with Gasteiger partial charge in [0.05, 0.1) is 6.54 Å². The van der Waals surface area contributed by atoms with E-state index in [2.05, 4.69) is 5.32 Å². The summed E-state index contributed by atoms with van der Waals surface area (Å²) in [6.45, 7) is 0.962. The van der Waals surface area contributed by atoms with Gasteiger partial charge in [0.15, 0.2) is 0 Å². The molecule has 0 rings (SSSR count). The van der Waals surface area contributed by atoms with Crippen LogP contribution >= 0.6 is 0 Å². The highest BCUT2D eigenvalue weighted by Crippen LogP contribution is 2.16. The van der Waals surface area contributed by atoms with Crippen molar-refractivity contribution in [1.29, 1.82) is 0 Å². The lowest BCUT2D eigenvalue weighted by molar-refractivity contribution is -0.146. The SMILES string of the molecule is CCN(CCC(NC)C(=O)O)CC(F)(F)F. The van der Waals surface area contributed by atoms with E-state index in [0.717, 1.165) is 0 Å². The standard InChI is InChI=1S/C9H17F3N2O2/c1-3-14(6-9(10,11)12)5-4-7(13-2)8(15)16/h7,13H,3-6H2,1-2H3,(H,15,16). The third-order valence-corrected chi connectivity index (χ3v) is 2.23. The van der Waals surface area contributed by atoms with Crippen LogP contribution in [0.4, 0.5) is 13.2 Å². The van der Waals surface area contributed by atoms with E-state index < -0.39 is 24.7 Å². The molecule has 0 aliphatic heterocycles. The van der Waals surface area contributed by atoms with Gasteiger partial charge >= 0.3 is 12.1 Å². The van der Waals surface area contributed by atoms with Crippen molar-refractivity contribution in [3.05, 3.63) is 0 Å². The Morgan fingerprint density at radius 2 is 2.06 bits per heavy atom. The van der Waals surface area contributed by atoms with E-state index in [-0.39, 0.29) is 19.5 Å². The molecule has 0 aliphatic rings. The van der Waals surface area contributed by atoms with Crippen LogP contribution in [0.5, 0.6) is 0 Å². The number of nitrogens with one attached hydrogen (secondary N) is 1. The van der Waals surface area contributed by atoms with E-state index in [4.69, 9.17) is 5.11 Å². The van der Waals surface area contributed by atoms with Crippen molar-refractivity contribution in [3.63, 3.8) is 0 Å². The molecule has 0 fully saturated rings. The van der Waals surface area contributed by atoms with Crippen molar-refractivity contribution < 1.29 is 23.1 Å². The minimum absolute atomic E-state index is 0.105. The Bertz CT molecular complexity index is 221. The second-order valence-corrected chi connectivity index (χ2v) is 3.45. The van der Waals surface area contributed by atoms with Gasteiger partial charge in [-0.2, -0.15) is 13.2 Å². The summed E-state index contributed by atoms with van der Waals surface area (Å²) in [7, 11) is 1.47. The smallest absolute Gasteiger partial charge is 0.401 e. The number of carbonyl (C=O) groups is 1. The number of likely N-dealkylation sites (N-methyl/N-ethyl adjacent to an activating group) is 1. The number of carboxylic acids is 1. The molecule has 0 aliphatic carbocycles. The normalized spacial score (nSPS) is 14.1. The van der Waals surface area contributed by atoms with Gasteiger partial charge in [0.1, 0.15) is 6.04 Å². The van der Waals surface area contributed by atoms with Crippen LogP contribution in [0, 0.1) is 0 Å². The van der Waals surface area contributed by atoms with Crippen LogP contribution in [0.1, 0.15) is 13.3 Å². The third kappa shape index (κ3) is 6.62. The van der Waals surface area contributed by atoms with Gasteiger partial charge in [-0.25, -0.2) is 0 Å². The Kier molecular flexibility index (Phi) is 6.35. The van der Waals surface area contributed by atoms with E-state index in [0.29, 0.717) is 0 Å². The van der Waals surface area contributed by atoms with Gasteiger partial charge in [-0.3, -0.25) is 9.69 Å². The van der Waals surface area contributed by atoms with Gasteiger partial charge in [-0.05, 0) is 20.0 Å². The van der Waals surface area contributed by atoms with E-state index in [1.54, 1.807) is 6.92 Å². The Morgan fingerprint density at radius 1 is 1.50 bits per heavy atom. The second kappa shape index (κ2) is 6.70. The molecule has 4 nitrogen and oxygen atoms in total. The molecule has 0 amide bonds. The molecular weight excluding hydrogens is 225 g/mol. The number of hydrogen-bond donors (Lipinski definition) is 2. The fourth-order valence-electron chi connectivity index (χ4n) is 1.31. The van der Waals surface area contributed by atoms with Gasteiger partial charge in [0, 0.05) is 6.54 Å². The fraction of sp³-hybridized carbons (Fsp3) is 0.889. The first-order valence-corrected chi connectivity index (χ1v) is 4.99. The molecule has 0 aromatic carbocycles. The van der Waals surface area contributed by atoms with Gasteiger partial charge in [0.2, 0.25) is 0 Å². The summed E-state index contributed by atoms with van der Waals surface area (Å²) < 4.78 is 36.3. The Morgan fingerprint density at radius 3 is 2.38 bits per heavy atom. The quantitative estimate of drug-likeness (QED) is 0.697. The van der Waals surface area contributed by atoms with Gasteiger partial charge in [-0.1, -0.05) is 6.92 Å². The molecule has 1 atom stereocenters. The number of halogens is 3. The monoisotopic (exact) mass is 242 g/mol. The number of aliphatic carboxylic acids is 1. The Labute approximate surface area is 92.4 Å². The molecule has 0 saturated heterocycles. The highest BCUT2D eigenvalue weighted by molar-refractivity contribution is 5.73. The van der Waals surface area contributed by atoms with Crippen molar-refractivity contribution >= 4 is 5.97 Å². The molecule has 0 heterocycles. The van der Waals surface area contributed by atoms with Crippen LogP contribution in [0.15, 0.2) is 0 Å². The average molecular weight is 242 g/mol. The minimum atomic E-state index is -4.24. The molecule has 0 saturated carbocycles. The van der Waals surface area contributed by atoms with Crippen molar-refractivity contribution in [1.82, 2.24) is 10.2 Å². The number of carboxylic acid groups (broad SMARTS) is 1. The average Bonchev–Trinajstić information content (AvgIpc) is 2.14. The van der Waals surface area contributed by atoms with Gasteiger partial charge in [-0.15, -0.1) is 0 Å². The van der Waals surface area contributed by atoms with Crippen LogP contribution in [0.25, 0.3) is 0 Å². The van der Waals surface area contributed by atoms with Crippen molar-refractivity contribution in [3.8, 4) is 0 Å². The topological polar surface area (TPSA) is 52.6 Å². The molecule has 0 bridgehead atoms. The Balaban J connectivity index is 4.08. The van der Waals surface area contributed by atoms with Gasteiger partial charge < -0.3 is 10.4 Å². The highest BCUT2D eigenvalue weighted by atomic mass is 19.4. The maximum atomic E-state index is 12.1. The van der Waals surface area contributed by atoms with Crippen LogP contribution in [-0.4, -0.2) is 54.9 Å². The van der Waals surface area contributed by atoms with Crippen molar-refractivity contribution in [2.24, 2.45) is 0 Å². The van der Waals surface area contributed by atoms with Crippen LogP contribution < -0.4 is 5.32 Å². The largest absolute Gasteiger partial charge is 0.480 e. The lowest BCUT2D eigenvalue weighted by atomic mass is 10.2. The lowest BCUT2D eigenvalue weighted by Crippen LogP contribution is -2.40. The molecule has 0 aromatic rings. The first-order valence-electron chi connectivity index (χ1n) is 4.99. The van der Waals surface area contributed by atoms with Crippen LogP contribution in [0.3, 0.4) is 0 Å². The molecule has 0 radical (unpaired) electrons. The maximum absolute atomic E-state index is 12.1. The molecular formula is C9H17F3N2O2. The second-order valence-electron chi connectivity index (χ2n) is 3.45. The molecule has 7 heteroatoms. The predicted octanol–water partition coefficient (Wildman–Crippen LogP) is 0.933. The summed E-state index contributed by atoms with van der Waals surface area (Å²) in [4.78, 5) is 11.8. The number of rotatable bonds is 7. The minimum Gasteiger partial charge on any atom is -0.480 e. The summed E-state index contributed by atoms with van der Waals surface area (Å²) in [5.41, 5.74) is 0. The Hall–Kier alpha value is -0.820. The van der Waals surface area contributed by atoms with Crippen molar-refractivity contribution in [2.45, 2.75) is 25.6 Å². The zero-order valence-corrected chi connectivity index (χ0v) is 9.34. The summed E-state index contributed by atoms with van der Waals surface area (Å²) in [6.07, 6.45) is -4.09. The number of nitrogens with zero attached hydrogens (tertiary/aromatic N) is 1. The zero-order chi connectivity index (χ0) is 12.8. The van der Waals surface area contributed by atoms with E-state index in [1.807, 2.05) is 0 Å². The van der Waals surface area contributed by atoms with E-state index >= 15 is 0 Å². The van der Waals surface area contributed by atoms with E-state index in [9.17, 15) is 18.0 Å². The van der Waals surface area contributed by atoms with Gasteiger partial charge in [0.25, 0.3) is 0 Å². The lowest BCUT2D eigenvalue weighted by Gasteiger charge is -2.23. The molecule has 96 valence electrons. The van der Waals surface area contributed by atoms with Crippen LogP contribution in [0.2, 0.25) is 0 Å². The summed E-state index contributed by atoms with van der Waals surface area (Å²) in [6, 6.07) is -0.803. The summed E-state index contributed by atoms with van der Waals surface area (Å²) in [5.74, 6) is -1.05. The van der Waals surface area contributed by atoms with E-state index in [1.165, 1.54) is 11.9 Å². The molecule has 0 spiro atoms. The first kappa shape index (κ1) is 15.2. The predicted molar refractivity (Wildman–Crippen MR) is 53.3 cm³/mol. The molecule has 0 aromatic heterocycles.